The summed E-state index contributed by atoms with van der Waals surface area (Å²) in [5, 5.41) is 2.57. The highest BCUT2D eigenvalue weighted by atomic mass is 32.1. The molecule has 0 radical (unpaired) electrons. The van der Waals surface area contributed by atoms with Crippen molar-refractivity contribution in [1.82, 2.24) is 14.6 Å². The number of carbonyl (C=O) groups is 1. The number of aromatic amines is 1. The molecule has 0 bridgehead atoms. The van der Waals surface area contributed by atoms with Gasteiger partial charge in [-0.2, -0.15) is 5.09 Å². The fraction of sp³-hybridized carbons (Fsp3) is 0.500. The second-order valence-corrected chi connectivity index (χ2v) is 10.8. The summed E-state index contributed by atoms with van der Waals surface area (Å²) in [5.41, 5.74) is -2.55. The van der Waals surface area contributed by atoms with Crippen LogP contribution in [-0.2, 0) is 23.4 Å². The Kier molecular flexibility index (Phi) is 8.66. The number of H-pyrrole nitrogens is 1. The zero-order valence-electron chi connectivity index (χ0n) is 19.8. The minimum Gasteiger partial charge on any atom is -0.462 e. The Bertz CT molecular complexity index is 1190. The molecule has 1 aromatic carbocycles. The maximum Gasteiger partial charge on any atom is 0.459 e. The lowest BCUT2D eigenvalue weighted by Crippen LogP contribution is -2.36. The number of nitrogens with one attached hydrogen (secondary N) is 2. The number of ether oxygens (including phenoxy) is 2. The van der Waals surface area contributed by atoms with E-state index in [-0.39, 0.29) is 29.5 Å². The van der Waals surface area contributed by atoms with Gasteiger partial charge in [0.15, 0.2) is 11.9 Å². The van der Waals surface area contributed by atoms with Gasteiger partial charge in [0.25, 0.3) is 0 Å². The van der Waals surface area contributed by atoms with Crippen LogP contribution in [0.25, 0.3) is 0 Å². The summed E-state index contributed by atoms with van der Waals surface area (Å²) >= 11 is 4.92. The topological polar surface area (TPSA) is 121 Å². The molecule has 3 rings (SSSR count). The number of para-hydroxylation sites is 1. The molecule has 2 N–H and O–H groups in total. The molecule has 0 spiro atoms. The monoisotopic (exact) mass is 529 g/mol. The average molecular weight is 530 g/mol. The summed E-state index contributed by atoms with van der Waals surface area (Å²) in [6.07, 6.45) is -1.28. The van der Waals surface area contributed by atoms with Gasteiger partial charge in [0.1, 0.15) is 16.4 Å². The summed E-state index contributed by atoms with van der Waals surface area (Å²) in [6.45, 7) is 5.80. The first-order chi connectivity index (χ1) is 16.4. The van der Waals surface area contributed by atoms with Crippen molar-refractivity contribution in [2.45, 2.75) is 64.3 Å². The van der Waals surface area contributed by atoms with E-state index in [1.807, 2.05) is 0 Å². The van der Waals surface area contributed by atoms with E-state index in [9.17, 15) is 14.2 Å². The highest BCUT2D eigenvalue weighted by molar-refractivity contribution is 7.71. The van der Waals surface area contributed by atoms with E-state index in [2.05, 4.69) is 10.1 Å². The van der Waals surface area contributed by atoms with Crippen LogP contribution in [0.1, 0.15) is 40.3 Å². The van der Waals surface area contributed by atoms with Crippen LogP contribution in [0.15, 0.2) is 47.4 Å². The van der Waals surface area contributed by atoms with Crippen LogP contribution in [0.5, 0.6) is 5.75 Å². The average Bonchev–Trinajstić information content (AvgIpc) is 3.06. The Morgan fingerprint density at radius 2 is 2.03 bits per heavy atom. The highest BCUT2D eigenvalue weighted by Gasteiger charge is 2.48. The largest absolute Gasteiger partial charge is 0.462 e. The molecule has 5 atom stereocenters. The van der Waals surface area contributed by atoms with Crippen LogP contribution >= 0.6 is 20.0 Å². The molecule has 0 amide bonds. The third kappa shape index (κ3) is 7.31. The Balaban J connectivity index is 1.75. The first-order valence-electron chi connectivity index (χ1n) is 11.0. The van der Waals surface area contributed by atoms with E-state index in [1.54, 1.807) is 44.2 Å². The Hall–Kier alpha value is -2.37. The minimum absolute atomic E-state index is 0.143. The Labute approximate surface area is 207 Å². The van der Waals surface area contributed by atoms with Gasteiger partial charge < -0.3 is 14.0 Å². The lowest BCUT2D eigenvalue weighted by molar-refractivity contribution is -0.149. The molecule has 1 aliphatic heterocycles. The smallest absolute Gasteiger partial charge is 0.459 e. The van der Waals surface area contributed by atoms with Crippen LogP contribution < -0.4 is 15.3 Å². The van der Waals surface area contributed by atoms with Crippen molar-refractivity contribution >= 4 is 25.9 Å². The Morgan fingerprint density at radius 3 is 2.66 bits per heavy atom. The van der Waals surface area contributed by atoms with Gasteiger partial charge >= 0.3 is 19.4 Å². The van der Waals surface area contributed by atoms with Gasteiger partial charge in [-0.3, -0.25) is 18.9 Å². The maximum absolute atomic E-state index is 15.3. The maximum atomic E-state index is 15.3. The van der Waals surface area contributed by atoms with Gasteiger partial charge in [-0.15, -0.1) is 0 Å². The minimum atomic E-state index is -4.14. The first-order valence-corrected chi connectivity index (χ1v) is 13.0. The van der Waals surface area contributed by atoms with Gasteiger partial charge in [-0.25, -0.2) is 13.8 Å². The van der Waals surface area contributed by atoms with Gasteiger partial charge in [-0.1, -0.05) is 30.4 Å². The summed E-state index contributed by atoms with van der Waals surface area (Å²) in [7, 11) is -4.14. The molecule has 2 heterocycles. The van der Waals surface area contributed by atoms with Crippen LogP contribution in [0.4, 0.5) is 4.39 Å². The molecule has 1 aliphatic rings. The number of nitrogens with zero attached hydrogens (tertiary/aromatic N) is 1. The third-order valence-electron chi connectivity index (χ3n) is 5.02. The normalized spacial score (nSPS) is 24.6. The van der Waals surface area contributed by atoms with E-state index >= 15 is 4.39 Å². The second kappa shape index (κ2) is 11.1. The van der Waals surface area contributed by atoms with E-state index in [4.69, 9.17) is 30.7 Å². The summed E-state index contributed by atoms with van der Waals surface area (Å²) in [5.74, 6) is -0.408. The number of halogens is 1. The Morgan fingerprint density at radius 1 is 1.34 bits per heavy atom. The standard InChI is InChI=1S/C22H29FN3O7PS/c1-14(2)31-19(27)15(3)25-34(29,33-16-8-6-5-7-9-16)30-13-17-12-22(4,23)20(32-17)26-11-10-18(35)24-21(26)28/h5-11,14-15,17,20H,12-13H2,1-4H3,(H,25,29)(H,24,28,35)/t15-,17-,20+,22?,34?/m0/s1. The molecule has 2 aromatic rings. The predicted octanol–water partition coefficient (Wildman–Crippen LogP) is 4.05. The van der Waals surface area contributed by atoms with Crippen LogP contribution in [0.3, 0.4) is 0 Å². The van der Waals surface area contributed by atoms with Crippen LogP contribution in [0, 0.1) is 4.64 Å². The van der Waals surface area contributed by atoms with Crippen molar-refractivity contribution in [3.63, 3.8) is 0 Å². The van der Waals surface area contributed by atoms with E-state index in [0.717, 1.165) is 4.57 Å². The van der Waals surface area contributed by atoms with Crippen molar-refractivity contribution in [3.05, 3.63) is 57.7 Å². The second-order valence-electron chi connectivity index (χ2n) is 8.64. The molecule has 0 saturated carbocycles. The molecular weight excluding hydrogens is 500 g/mol. The molecule has 35 heavy (non-hydrogen) atoms. The van der Waals surface area contributed by atoms with Crippen molar-refractivity contribution in [2.75, 3.05) is 6.61 Å². The SMILES string of the molecule is CC(C)OC(=O)[C@H](C)NP(=O)(OC[C@@H]1CC(C)(F)[C@H](n2ccc(=S)[nH]c2=O)O1)Oc1ccccc1. The lowest BCUT2D eigenvalue weighted by atomic mass is 10.0. The summed E-state index contributed by atoms with van der Waals surface area (Å²) in [4.78, 5) is 26.9. The number of carbonyl (C=O) groups excluding carboxylic acids is 1. The number of esters is 1. The zero-order chi connectivity index (χ0) is 25.8. The third-order valence-corrected chi connectivity index (χ3v) is 6.91. The van der Waals surface area contributed by atoms with Crippen molar-refractivity contribution in [3.8, 4) is 5.75 Å². The number of hydrogen-bond donors (Lipinski definition) is 2. The van der Waals surface area contributed by atoms with E-state index in [1.165, 1.54) is 26.1 Å². The lowest BCUT2D eigenvalue weighted by Gasteiger charge is -2.24. The molecular formula is C22H29FN3O7PS. The molecule has 1 fully saturated rings. The van der Waals surface area contributed by atoms with Gasteiger partial charge in [0, 0.05) is 12.6 Å². The van der Waals surface area contributed by atoms with Gasteiger partial charge in [0.2, 0.25) is 0 Å². The molecule has 13 heteroatoms. The number of alkyl halides is 1. The van der Waals surface area contributed by atoms with Crippen molar-refractivity contribution in [1.29, 1.82) is 0 Å². The van der Waals surface area contributed by atoms with Crippen LogP contribution in [0.2, 0.25) is 0 Å². The number of aromatic nitrogens is 2. The fourth-order valence-electron chi connectivity index (χ4n) is 3.50. The van der Waals surface area contributed by atoms with Crippen molar-refractivity contribution in [2.24, 2.45) is 0 Å². The highest BCUT2D eigenvalue weighted by Crippen LogP contribution is 2.47. The van der Waals surface area contributed by atoms with E-state index in [0.29, 0.717) is 0 Å². The molecule has 1 saturated heterocycles. The predicted molar refractivity (Wildman–Crippen MR) is 128 cm³/mol. The summed E-state index contributed by atoms with van der Waals surface area (Å²) in [6, 6.07) is 8.67. The van der Waals surface area contributed by atoms with Gasteiger partial charge in [0.05, 0.1) is 18.8 Å². The zero-order valence-corrected chi connectivity index (χ0v) is 21.5. The van der Waals surface area contributed by atoms with Crippen LogP contribution in [-0.4, -0.2) is 46.0 Å². The molecule has 2 unspecified atom stereocenters. The molecule has 1 aromatic heterocycles. The molecule has 192 valence electrons. The summed E-state index contributed by atoms with van der Waals surface area (Å²) < 4.78 is 52.2. The number of benzene rings is 1. The van der Waals surface area contributed by atoms with Gasteiger partial charge in [-0.05, 0) is 45.9 Å². The van der Waals surface area contributed by atoms with E-state index < -0.39 is 43.4 Å². The number of hydrogen-bond acceptors (Lipinski definition) is 8. The molecule has 10 nitrogen and oxygen atoms in total. The fourth-order valence-corrected chi connectivity index (χ4v) is 5.17. The van der Waals surface area contributed by atoms with Crippen molar-refractivity contribution < 1.29 is 32.3 Å². The first kappa shape index (κ1) is 27.2. The molecule has 0 aliphatic carbocycles. The quantitative estimate of drug-likeness (QED) is 0.267. The number of rotatable bonds is 10.